The van der Waals surface area contributed by atoms with Gasteiger partial charge in [0.25, 0.3) is 0 Å². The molecule has 96 valence electrons. The highest BCUT2D eigenvalue weighted by Gasteiger charge is 2.08. The summed E-state index contributed by atoms with van der Waals surface area (Å²) < 4.78 is 11.3. The van der Waals surface area contributed by atoms with Crippen LogP contribution >= 0.6 is 0 Å². The van der Waals surface area contributed by atoms with Gasteiger partial charge in [-0.25, -0.2) is 0 Å². The molecule has 0 spiro atoms. The molecule has 0 heterocycles. The van der Waals surface area contributed by atoms with Crippen molar-refractivity contribution in [3.63, 3.8) is 0 Å². The summed E-state index contributed by atoms with van der Waals surface area (Å²) >= 11 is 0. The Morgan fingerprint density at radius 3 is 1.62 bits per heavy atom. The normalized spacial score (nSPS) is 11.7. The zero-order valence-electron chi connectivity index (χ0n) is 11.4. The maximum Gasteiger partial charge on any atom is 0.0519 e. The summed E-state index contributed by atoms with van der Waals surface area (Å²) in [5.41, 5.74) is 0. The Labute approximate surface area is 101 Å². The van der Waals surface area contributed by atoms with Crippen molar-refractivity contribution < 1.29 is 9.47 Å². The van der Waals surface area contributed by atoms with Gasteiger partial charge in [0.2, 0.25) is 0 Å². The molecule has 0 fully saturated rings. The molecule has 0 N–H and O–H groups in total. The van der Waals surface area contributed by atoms with E-state index in [0.29, 0.717) is 17.8 Å². The van der Waals surface area contributed by atoms with Crippen LogP contribution in [0.4, 0.5) is 0 Å². The van der Waals surface area contributed by atoms with Crippen LogP contribution in [0.1, 0.15) is 34.1 Å². The molecule has 0 saturated carbocycles. The van der Waals surface area contributed by atoms with Crippen LogP contribution in [0.2, 0.25) is 0 Å². The van der Waals surface area contributed by atoms with E-state index in [2.05, 4.69) is 34.3 Å². The monoisotopic (exact) mass is 228 g/mol. The molecule has 0 aromatic heterocycles. The molecular formula is C14H28O2. The predicted molar refractivity (Wildman–Crippen MR) is 69.6 cm³/mol. The number of allylic oxidation sites excluding steroid dienone is 1. The molecule has 0 radical (unpaired) electrons. The van der Waals surface area contributed by atoms with Crippen molar-refractivity contribution in [3.8, 4) is 0 Å². The largest absolute Gasteiger partial charge is 0.381 e. The first-order valence-electron chi connectivity index (χ1n) is 6.32. The third-order valence-electron chi connectivity index (χ3n) is 2.11. The van der Waals surface area contributed by atoms with E-state index in [0.717, 1.165) is 32.8 Å². The van der Waals surface area contributed by atoms with E-state index < -0.39 is 0 Å². The van der Waals surface area contributed by atoms with E-state index in [4.69, 9.17) is 9.47 Å². The Hall–Kier alpha value is -0.340. The van der Waals surface area contributed by atoms with Gasteiger partial charge in [-0.05, 0) is 18.3 Å². The predicted octanol–water partition coefficient (Wildman–Crippen LogP) is 3.52. The SMILES string of the molecule is C=CCC(COCC(C)C)COCC(C)C. The number of rotatable bonds is 10. The van der Waals surface area contributed by atoms with E-state index in [1.54, 1.807) is 0 Å². The Kier molecular flexibility index (Phi) is 9.65. The highest BCUT2D eigenvalue weighted by molar-refractivity contribution is 4.73. The summed E-state index contributed by atoms with van der Waals surface area (Å²) in [4.78, 5) is 0. The second-order valence-electron chi connectivity index (χ2n) is 5.25. The lowest BCUT2D eigenvalue weighted by atomic mass is 10.1. The van der Waals surface area contributed by atoms with Gasteiger partial charge in [-0.2, -0.15) is 0 Å². The smallest absolute Gasteiger partial charge is 0.0519 e. The van der Waals surface area contributed by atoms with Crippen LogP contribution in [0.25, 0.3) is 0 Å². The fraction of sp³-hybridized carbons (Fsp3) is 0.857. The molecule has 2 nitrogen and oxygen atoms in total. The molecule has 2 heteroatoms. The summed E-state index contributed by atoms with van der Waals surface area (Å²) in [6.45, 7) is 15.7. The van der Waals surface area contributed by atoms with E-state index in [9.17, 15) is 0 Å². The van der Waals surface area contributed by atoms with Crippen molar-refractivity contribution >= 4 is 0 Å². The molecule has 0 unspecified atom stereocenters. The Balaban J connectivity index is 3.65. The van der Waals surface area contributed by atoms with Gasteiger partial charge >= 0.3 is 0 Å². The van der Waals surface area contributed by atoms with Gasteiger partial charge in [0.15, 0.2) is 0 Å². The molecule has 0 aromatic rings. The van der Waals surface area contributed by atoms with Crippen LogP contribution in [-0.2, 0) is 9.47 Å². The van der Waals surface area contributed by atoms with Crippen LogP contribution in [0.5, 0.6) is 0 Å². The highest BCUT2D eigenvalue weighted by Crippen LogP contribution is 2.07. The van der Waals surface area contributed by atoms with Crippen molar-refractivity contribution in [1.82, 2.24) is 0 Å². The first kappa shape index (κ1) is 15.7. The second-order valence-corrected chi connectivity index (χ2v) is 5.25. The Morgan fingerprint density at radius 2 is 1.31 bits per heavy atom. The topological polar surface area (TPSA) is 18.5 Å². The first-order valence-corrected chi connectivity index (χ1v) is 6.32. The fourth-order valence-corrected chi connectivity index (χ4v) is 1.36. The summed E-state index contributed by atoms with van der Waals surface area (Å²) in [7, 11) is 0. The van der Waals surface area contributed by atoms with Crippen LogP contribution in [0.15, 0.2) is 12.7 Å². The first-order chi connectivity index (χ1) is 7.56. The van der Waals surface area contributed by atoms with Crippen LogP contribution < -0.4 is 0 Å². The molecule has 0 aliphatic rings. The van der Waals surface area contributed by atoms with Gasteiger partial charge in [-0.15, -0.1) is 6.58 Å². The van der Waals surface area contributed by atoms with Crippen molar-refractivity contribution in [3.05, 3.63) is 12.7 Å². The quantitative estimate of drug-likeness (QED) is 0.533. The molecule has 16 heavy (non-hydrogen) atoms. The lowest BCUT2D eigenvalue weighted by Crippen LogP contribution is -2.18. The molecule has 0 aliphatic heterocycles. The standard InChI is InChI=1S/C14H28O2/c1-6-7-14(10-15-8-12(2)3)11-16-9-13(4)5/h6,12-14H,1,7-11H2,2-5H3. The number of hydrogen-bond acceptors (Lipinski definition) is 2. The molecule has 0 amide bonds. The van der Waals surface area contributed by atoms with Crippen LogP contribution in [-0.4, -0.2) is 26.4 Å². The summed E-state index contributed by atoms with van der Waals surface area (Å²) in [5.74, 6) is 1.65. The average molecular weight is 228 g/mol. The minimum atomic E-state index is 0.454. The van der Waals surface area contributed by atoms with Gasteiger partial charge in [0.05, 0.1) is 13.2 Å². The second kappa shape index (κ2) is 9.86. The number of ether oxygens (including phenoxy) is 2. The minimum Gasteiger partial charge on any atom is -0.381 e. The molecule has 0 saturated heterocycles. The average Bonchev–Trinajstić information content (AvgIpc) is 2.16. The van der Waals surface area contributed by atoms with Gasteiger partial charge in [0.1, 0.15) is 0 Å². The van der Waals surface area contributed by atoms with Crippen LogP contribution in [0.3, 0.4) is 0 Å². The Bertz CT molecular complexity index is 150. The van der Waals surface area contributed by atoms with E-state index >= 15 is 0 Å². The maximum atomic E-state index is 5.64. The lowest BCUT2D eigenvalue weighted by molar-refractivity contribution is 0.0243. The van der Waals surface area contributed by atoms with E-state index in [1.807, 2.05) is 6.08 Å². The third-order valence-corrected chi connectivity index (χ3v) is 2.11. The highest BCUT2D eigenvalue weighted by atomic mass is 16.5. The Morgan fingerprint density at radius 1 is 0.875 bits per heavy atom. The molecular weight excluding hydrogens is 200 g/mol. The fourth-order valence-electron chi connectivity index (χ4n) is 1.36. The maximum absolute atomic E-state index is 5.64. The van der Waals surface area contributed by atoms with Gasteiger partial charge in [0, 0.05) is 19.1 Å². The van der Waals surface area contributed by atoms with E-state index in [1.165, 1.54) is 0 Å². The van der Waals surface area contributed by atoms with Crippen molar-refractivity contribution in [1.29, 1.82) is 0 Å². The summed E-state index contributed by atoms with van der Waals surface area (Å²) in [6, 6.07) is 0. The summed E-state index contributed by atoms with van der Waals surface area (Å²) in [6.07, 6.45) is 2.92. The van der Waals surface area contributed by atoms with Gasteiger partial charge in [-0.1, -0.05) is 33.8 Å². The number of hydrogen-bond donors (Lipinski definition) is 0. The molecule has 0 bridgehead atoms. The molecule has 0 aromatic carbocycles. The lowest BCUT2D eigenvalue weighted by Gasteiger charge is -2.17. The van der Waals surface area contributed by atoms with E-state index in [-0.39, 0.29) is 0 Å². The van der Waals surface area contributed by atoms with Crippen molar-refractivity contribution in [2.75, 3.05) is 26.4 Å². The van der Waals surface area contributed by atoms with Gasteiger partial charge in [-0.3, -0.25) is 0 Å². The summed E-state index contributed by atoms with van der Waals surface area (Å²) in [5, 5.41) is 0. The zero-order valence-corrected chi connectivity index (χ0v) is 11.4. The van der Waals surface area contributed by atoms with Crippen LogP contribution in [0, 0.1) is 17.8 Å². The molecule has 0 rings (SSSR count). The van der Waals surface area contributed by atoms with Crippen molar-refractivity contribution in [2.24, 2.45) is 17.8 Å². The third kappa shape index (κ3) is 10.2. The van der Waals surface area contributed by atoms with Gasteiger partial charge < -0.3 is 9.47 Å². The molecule has 0 aliphatic carbocycles. The molecule has 0 atom stereocenters. The van der Waals surface area contributed by atoms with Crippen molar-refractivity contribution in [2.45, 2.75) is 34.1 Å². The zero-order chi connectivity index (χ0) is 12.4. The minimum absolute atomic E-state index is 0.454.